The first-order valence-electron chi connectivity index (χ1n) is 12.3. The molecule has 0 saturated carbocycles. The number of aromatic carboxylic acids is 1. The molecule has 0 atom stereocenters. The number of carboxylic acids is 1. The Kier molecular flexibility index (Phi) is 9.18. The molecule has 3 rings (SSSR count). The first kappa shape index (κ1) is 26.6. The maximum Gasteiger partial charge on any atom is 0.336 e. The van der Waals surface area contributed by atoms with Crippen molar-refractivity contribution in [3.8, 4) is 11.1 Å². The van der Waals surface area contributed by atoms with Gasteiger partial charge in [-0.05, 0) is 41.5 Å². The van der Waals surface area contributed by atoms with Crippen molar-refractivity contribution in [2.75, 3.05) is 14.2 Å². The number of aromatic nitrogens is 3. The number of aryl methyl sites for hydroxylation is 1. The van der Waals surface area contributed by atoms with E-state index in [1.54, 1.807) is 26.4 Å². The normalized spacial score (nSPS) is 11.8. The summed E-state index contributed by atoms with van der Waals surface area (Å²) in [6.45, 7) is 7.09. The van der Waals surface area contributed by atoms with E-state index < -0.39 is 11.8 Å². The highest BCUT2D eigenvalue weighted by Crippen LogP contribution is 2.30. The van der Waals surface area contributed by atoms with Crippen molar-refractivity contribution in [2.24, 2.45) is 5.92 Å². The van der Waals surface area contributed by atoms with Crippen molar-refractivity contribution in [2.45, 2.75) is 65.2 Å². The van der Waals surface area contributed by atoms with Gasteiger partial charge in [0.2, 0.25) is 11.6 Å². The minimum absolute atomic E-state index is 0.291. The Labute approximate surface area is 208 Å². The third-order valence-electron chi connectivity index (χ3n) is 6.31. The van der Waals surface area contributed by atoms with Crippen molar-refractivity contribution in [3.05, 3.63) is 71.3 Å². The number of benzene rings is 2. The van der Waals surface area contributed by atoms with Crippen LogP contribution >= 0.6 is 0 Å². The van der Waals surface area contributed by atoms with Gasteiger partial charge in [-0.3, -0.25) is 0 Å². The Morgan fingerprint density at radius 3 is 2.37 bits per heavy atom. The zero-order valence-electron chi connectivity index (χ0n) is 21.5. The summed E-state index contributed by atoms with van der Waals surface area (Å²) in [6.07, 6.45) is 4.46. The minimum Gasteiger partial charge on any atom is -0.478 e. The average Bonchev–Trinajstić information content (AvgIpc) is 3.27. The SMILES string of the molecule is CCCCC(OC)(OC)c1nc(CCC(C)C)n(Cc2ccc(-c3ccccc3C(=O)O)cc2)n1. The zero-order valence-corrected chi connectivity index (χ0v) is 21.5. The molecule has 3 aromatic rings. The van der Waals surface area contributed by atoms with Crippen molar-refractivity contribution < 1.29 is 19.4 Å². The Morgan fingerprint density at radius 2 is 1.77 bits per heavy atom. The van der Waals surface area contributed by atoms with Crippen molar-refractivity contribution in [1.29, 1.82) is 0 Å². The number of methoxy groups -OCH3 is 2. The molecule has 188 valence electrons. The first-order chi connectivity index (χ1) is 16.8. The van der Waals surface area contributed by atoms with Crippen LogP contribution < -0.4 is 0 Å². The average molecular weight is 480 g/mol. The fraction of sp³-hybridized carbons (Fsp3) is 0.464. The highest BCUT2D eigenvalue weighted by atomic mass is 16.7. The number of hydrogen-bond acceptors (Lipinski definition) is 5. The van der Waals surface area contributed by atoms with Crippen molar-refractivity contribution in [3.63, 3.8) is 0 Å². The van der Waals surface area contributed by atoms with Crippen LogP contribution in [0, 0.1) is 5.92 Å². The van der Waals surface area contributed by atoms with Gasteiger partial charge in [0.1, 0.15) is 5.82 Å². The lowest BCUT2D eigenvalue weighted by Gasteiger charge is -2.27. The molecule has 1 N–H and O–H groups in total. The molecule has 0 radical (unpaired) electrons. The van der Waals surface area contributed by atoms with E-state index in [2.05, 4.69) is 20.8 Å². The highest BCUT2D eigenvalue weighted by Gasteiger charge is 2.37. The number of unbranched alkanes of at least 4 members (excludes halogenated alkanes) is 1. The molecule has 0 aliphatic rings. The lowest BCUT2D eigenvalue weighted by molar-refractivity contribution is -0.226. The van der Waals surface area contributed by atoms with E-state index in [0.29, 0.717) is 35.8 Å². The van der Waals surface area contributed by atoms with Crippen LogP contribution in [-0.4, -0.2) is 40.1 Å². The molecule has 7 nitrogen and oxygen atoms in total. The second kappa shape index (κ2) is 12.1. The molecule has 1 aromatic heterocycles. The van der Waals surface area contributed by atoms with Gasteiger partial charge in [-0.2, -0.15) is 0 Å². The Morgan fingerprint density at radius 1 is 1.09 bits per heavy atom. The molecule has 0 aliphatic carbocycles. The van der Waals surface area contributed by atoms with Gasteiger partial charge in [-0.15, -0.1) is 5.10 Å². The summed E-state index contributed by atoms with van der Waals surface area (Å²) in [5, 5.41) is 14.4. The first-order valence-corrected chi connectivity index (χ1v) is 12.3. The summed E-state index contributed by atoms with van der Waals surface area (Å²) in [5.74, 6) is 0.119. The molecule has 0 amide bonds. The smallest absolute Gasteiger partial charge is 0.336 e. The molecule has 7 heteroatoms. The van der Waals surface area contributed by atoms with Crippen LogP contribution in [-0.2, 0) is 28.2 Å². The van der Waals surface area contributed by atoms with Gasteiger partial charge in [-0.1, -0.05) is 69.7 Å². The Balaban J connectivity index is 1.91. The fourth-order valence-electron chi connectivity index (χ4n) is 4.14. The zero-order chi connectivity index (χ0) is 25.4. The number of carbonyl (C=O) groups is 1. The molecule has 0 spiro atoms. The van der Waals surface area contributed by atoms with Crippen LogP contribution in [0.5, 0.6) is 0 Å². The van der Waals surface area contributed by atoms with Crippen LogP contribution in [0.2, 0.25) is 0 Å². The maximum atomic E-state index is 11.6. The number of nitrogens with zero attached hydrogens (tertiary/aromatic N) is 3. The Hall–Kier alpha value is -3.03. The van der Waals surface area contributed by atoms with Gasteiger partial charge in [0.25, 0.3) is 0 Å². The molecule has 0 unspecified atom stereocenters. The molecule has 0 aliphatic heterocycles. The van der Waals surface area contributed by atoms with E-state index in [1.807, 2.05) is 41.1 Å². The lowest BCUT2D eigenvalue weighted by atomic mass is 9.99. The monoisotopic (exact) mass is 479 g/mol. The van der Waals surface area contributed by atoms with E-state index in [4.69, 9.17) is 19.6 Å². The van der Waals surface area contributed by atoms with Gasteiger partial charge in [0, 0.05) is 27.1 Å². The molecular weight excluding hydrogens is 442 g/mol. The largest absolute Gasteiger partial charge is 0.478 e. The van der Waals surface area contributed by atoms with Gasteiger partial charge in [-0.25, -0.2) is 14.5 Å². The number of carboxylic acid groups (broad SMARTS) is 1. The molecule has 0 bridgehead atoms. The number of ether oxygens (including phenoxy) is 2. The standard InChI is InChI=1S/C28H37N3O4/c1-6-7-18-28(34-4,35-5)27-29-25(17-12-20(2)3)31(30-27)19-21-13-15-22(16-14-21)23-10-8-9-11-24(23)26(32)33/h8-11,13-16,20H,6-7,12,17-19H2,1-5H3,(H,32,33). The summed E-state index contributed by atoms with van der Waals surface area (Å²) in [6, 6.07) is 15.0. The molecule has 0 saturated heterocycles. The fourth-order valence-corrected chi connectivity index (χ4v) is 4.14. The van der Waals surface area contributed by atoms with Crippen molar-refractivity contribution >= 4 is 5.97 Å². The molecule has 1 heterocycles. The van der Waals surface area contributed by atoms with Gasteiger partial charge in [0.15, 0.2) is 0 Å². The maximum absolute atomic E-state index is 11.6. The molecule has 35 heavy (non-hydrogen) atoms. The summed E-state index contributed by atoms with van der Waals surface area (Å²) in [5.41, 5.74) is 2.91. The molecule has 2 aromatic carbocycles. The van der Waals surface area contributed by atoms with E-state index in [1.165, 1.54) is 0 Å². The van der Waals surface area contributed by atoms with Crippen LogP contribution in [0.4, 0.5) is 0 Å². The van der Waals surface area contributed by atoms with Gasteiger partial charge < -0.3 is 14.6 Å². The molecule has 0 fully saturated rings. The third kappa shape index (κ3) is 6.35. The predicted octanol–water partition coefficient (Wildman–Crippen LogP) is 5.92. The molecular formula is C28H37N3O4. The summed E-state index contributed by atoms with van der Waals surface area (Å²) in [7, 11) is 3.28. The van der Waals surface area contributed by atoms with Gasteiger partial charge in [0.05, 0.1) is 12.1 Å². The number of hydrogen-bond donors (Lipinski definition) is 1. The van der Waals surface area contributed by atoms with E-state index in [0.717, 1.165) is 42.6 Å². The van der Waals surface area contributed by atoms with E-state index in [9.17, 15) is 9.90 Å². The van der Waals surface area contributed by atoms with Crippen molar-refractivity contribution in [1.82, 2.24) is 14.8 Å². The topological polar surface area (TPSA) is 86.5 Å². The summed E-state index contributed by atoms with van der Waals surface area (Å²) >= 11 is 0. The second-order valence-electron chi connectivity index (χ2n) is 9.25. The highest BCUT2D eigenvalue weighted by molar-refractivity contribution is 5.95. The number of rotatable bonds is 13. The summed E-state index contributed by atoms with van der Waals surface area (Å²) < 4.78 is 13.6. The van der Waals surface area contributed by atoms with Crippen LogP contribution in [0.1, 0.15) is 74.0 Å². The Bertz CT molecular complexity index is 1100. The summed E-state index contributed by atoms with van der Waals surface area (Å²) in [4.78, 5) is 16.5. The van der Waals surface area contributed by atoms with Crippen LogP contribution in [0.3, 0.4) is 0 Å². The quantitative estimate of drug-likeness (QED) is 0.306. The third-order valence-corrected chi connectivity index (χ3v) is 6.31. The lowest BCUT2D eigenvalue weighted by Crippen LogP contribution is -2.32. The minimum atomic E-state index is -0.960. The van der Waals surface area contributed by atoms with Crippen LogP contribution in [0.25, 0.3) is 11.1 Å². The van der Waals surface area contributed by atoms with E-state index in [-0.39, 0.29) is 0 Å². The predicted molar refractivity (Wildman–Crippen MR) is 136 cm³/mol. The van der Waals surface area contributed by atoms with Gasteiger partial charge >= 0.3 is 5.97 Å². The second-order valence-corrected chi connectivity index (χ2v) is 9.25. The van der Waals surface area contributed by atoms with E-state index >= 15 is 0 Å². The van der Waals surface area contributed by atoms with Crippen LogP contribution in [0.15, 0.2) is 48.5 Å².